The molecule has 1 N–H and O–H groups in total. The number of hydrogen-bond donors (Lipinski definition) is 1. The van der Waals surface area contributed by atoms with Crippen LogP contribution in [0.1, 0.15) is 11.1 Å². The molecule has 1 aromatic heterocycles. The summed E-state index contributed by atoms with van der Waals surface area (Å²) < 4.78 is 21.3. The fourth-order valence-corrected chi connectivity index (χ4v) is 5.64. The highest BCUT2D eigenvalue weighted by atomic mass is 32.2. The number of methoxy groups -OCH3 is 1. The van der Waals surface area contributed by atoms with Crippen molar-refractivity contribution in [3.63, 3.8) is 0 Å². The molecule has 0 aliphatic heterocycles. The van der Waals surface area contributed by atoms with Crippen molar-refractivity contribution in [1.82, 2.24) is 4.98 Å². The number of aliphatic imine (C=N–C) groups is 1. The second kappa shape index (κ2) is 9.21. The molecule has 0 unspecified atom stereocenters. The molecule has 0 saturated carbocycles. The van der Waals surface area contributed by atoms with Gasteiger partial charge in [0.25, 0.3) is 0 Å². The van der Waals surface area contributed by atoms with Crippen LogP contribution >= 0.6 is 23.1 Å². The number of phenols is 1. The van der Waals surface area contributed by atoms with Crippen LogP contribution in [0.5, 0.6) is 11.5 Å². The molecule has 0 spiro atoms. The lowest BCUT2D eigenvalue weighted by Gasteiger charge is -2.06. The van der Waals surface area contributed by atoms with Crippen LogP contribution in [0, 0.1) is 5.82 Å². The van der Waals surface area contributed by atoms with E-state index in [9.17, 15) is 9.50 Å². The number of rotatable bonds is 6. The standard InChI is InChI=1S/C26H19FN2O2S2/c1-31-19-8-11-24(30)17(12-19)14-28-18-7-10-23-25(13-18)33-26(29-23)32-15-16-6-9-22(27)21-5-3-2-4-20(16)21/h2-14,30H,15H2,1H3. The zero-order valence-electron chi connectivity index (χ0n) is 17.7. The molecule has 4 aromatic carbocycles. The van der Waals surface area contributed by atoms with Gasteiger partial charge in [-0.15, -0.1) is 11.3 Å². The fourth-order valence-electron chi connectivity index (χ4n) is 3.53. The smallest absolute Gasteiger partial charge is 0.151 e. The first kappa shape index (κ1) is 21.4. The van der Waals surface area contributed by atoms with Gasteiger partial charge in [-0.2, -0.15) is 0 Å². The number of hydrogen-bond acceptors (Lipinski definition) is 6. The van der Waals surface area contributed by atoms with Gasteiger partial charge in [0, 0.05) is 22.9 Å². The Bertz CT molecular complexity index is 1500. The molecule has 4 nitrogen and oxygen atoms in total. The van der Waals surface area contributed by atoms with Crippen molar-refractivity contribution in [1.29, 1.82) is 0 Å². The highest BCUT2D eigenvalue weighted by Gasteiger charge is 2.09. The zero-order chi connectivity index (χ0) is 22.8. The van der Waals surface area contributed by atoms with Crippen LogP contribution in [0.15, 0.2) is 82.1 Å². The maximum atomic E-state index is 14.1. The monoisotopic (exact) mass is 474 g/mol. The number of thioether (sulfide) groups is 1. The number of nitrogens with zero attached hydrogens (tertiary/aromatic N) is 2. The van der Waals surface area contributed by atoms with E-state index in [-0.39, 0.29) is 11.6 Å². The third-order valence-corrected chi connectivity index (χ3v) is 7.46. The first-order valence-electron chi connectivity index (χ1n) is 10.2. The Kier molecular flexibility index (Phi) is 5.98. The van der Waals surface area contributed by atoms with E-state index in [0.717, 1.165) is 31.2 Å². The van der Waals surface area contributed by atoms with Gasteiger partial charge in [0.05, 0.1) is 23.0 Å². The predicted molar refractivity (Wildman–Crippen MR) is 135 cm³/mol. The SMILES string of the molecule is COc1ccc(O)c(C=Nc2ccc3nc(SCc4ccc(F)c5ccccc45)sc3c2)c1. The predicted octanol–water partition coefficient (Wildman–Crippen LogP) is 7.35. The van der Waals surface area contributed by atoms with Gasteiger partial charge in [0.2, 0.25) is 0 Å². The molecule has 0 aliphatic rings. The minimum atomic E-state index is -0.199. The molecule has 5 rings (SSSR count). The number of benzene rings is 4. The highest BCUT2D eigenvalue weighted by Crippen LogP contribution is 2.35. The van der Waals surface area contributed by atoms with Crippen LogP contribution in [0.3, 0.4) is 0 Å². The van der Waals surface area contributed by atoms with Crippen molar-refractivity contribution in [2.24, 2.45) is 4.99 Å². The van der Waals surface area contributed by atoms with Crippen molar-refractivity contribution in [3.8, 4) is 11.5 Å². The summed E-state index contributed by atoms with van der Waals surface area (Å²) in [5.74, 6) is 1.31. The molecule has 0 aliphatic carbocycles. The lowest BCUT2D eigenvalue weighted by molar-refractivity contribution is 0.412. The number of phenolic OH excluding ortho intramolecular Hbond substituents is 1. The van der Waals surface area contributed by atoms with E-state index < -0.39 is 0 Å². The minimum absolute atomic E-state index is 0.144. The first-order chi connectivity index (χ1) is 16.1. The number of fused-ring (bicyclic) bond motifs is 2. The number of aromatic nitrogens is 1. The van der Waals surface area contributed by atoms with Crippen molar-refractivity contribution in [3.05, 3.63) is 89.7 Å². The molecule has 0 saturated heterocycles. The quantitative estimate of drug-likeness (QED) is 0.207. The average molecular weight is 475 g/mol. The summed E-state index contributed by atoms with van der Waals surface area (Å²) in [6.07, 6.45) is 1.62. The summed E-state index contributed by atoms with van der Waals surface area (Å²) in [6.45, 7) is 0. The van der Waals surface area contributed by atoms with Gasteiger partial charge in [-0.05, 0) is 53.4 Å². The van der Waals surface area contributed by atoms with Crippen molar-refractivity contribution < 1.29 is 14.2 Å². The lowest BCUT2D eigenvalue weighted by atomic mass is 10.1. The van der Waals surface area contributed by atoms with E-state index in [2.05, 4.69) is 4.99 Å². The zero-order valence-corrected chi connectivity index (χ0v) is 19.3. The van der Waals surface area contributed by atoms with Crippen molar-refractivity contribution >= 4 is 56.0 Å². The number of aromatic hydroxyl groups is 1. The van der Waals surface area contributed by atoms with Crippen molar-refractivity contribution in [2.75, 3.05) is 7.11 Å². The third kappa shape index (κ3) is 4.55. The van der Waals surface area contributed by atoms with Crippen LogP contribution in [-0.4, -0.2) is 23.4 Å². The largest absolute Gasteiger partial charge is 0.507 e. The third-order valence-electron chi connectivity index (χ3n) is 5.25. The Morgan fingerprint density at radius 2 is 1.91 bits per heavy atom. The maximum absolute atomic E-state index is 14.1. The molecule has 5 aromatic rings. The van der Waals surface area contributed by atoms with E-state index in [1.807, 2.05) is 48.5 Å². The van der Waals surface area contributed by atoms with Gasteiger partial charge in [-0.1, -0.05) is 42.1 Å². The molecule has 0 atom stereocenters. The summed E-state index contributed by atoms with van der Waals surface area (Å²) in [5, 5.41) is 11.6. The molecule has 0 bridgehead atoms. The van der Waals surface area contributed by atoms with Crippen LogP contribution in [0.2, 0.25) is 0 Å². The number of halogens is 1. The Morgan fingerprint density at radius 3 is 2.76 bits per heavy atom. The molecule has 1 heterocycles. The molecular formula is C26H19FN2O2S2. The topological polar surface area (TPSA) is 54.7 Å². The molecule has 164 valence electrons. The highest BCUT2D eigenvalue weighted by molar-refractivity contribution is 8.00. The van der Waals surface area contributed by atoms with E-state index >= 15 is 0 Å². The summed E-state index contributed by atoms with van der Waals surface area (Å²) in [7, 11) is 1.58. The second-order valence-corrected chi connectivity index (χ2v) is 9.61. The van der Waals surface area contributed by atoms with Crippen molar-refractivity contribution in [2.45, 2.75) is 10.1 Å². The summed E-state index contributed by atoms with van der Waals surface area (Å²) in [6, 6.07) is 21.8. The van der Waals surface area contributed by atoms with Gasteiger partial charge < -0.3 is 9.84 Å². The number of ether oxygens (including phenoxy) is 1. The molecule has 0 fully saturated rings. The van der Waals surface area contributed by atoms with Crippen LogP contribution in [0.4, 0.5) is 10.1 Å². The summed E-state index contributed by atoms with van der Waals surface area (Å²) in [5.41, 5.74) is 3.35. The molecule has 33 heavy (non-hydrogen) atoms. The Labute approximate surface area is 198 Å². The Balaban J connectivity index is 1.35. The first-order valence-corrected chi connectivity index (χ1v) is 12.0. The Hall–Kier alpha value is -3.42. The summed E-state index contributed by atoms with van der Waals surface area (Å²) >= 11 is 3.25. The van der Waals surface area contributed by atoms with Gasteiger partial charge in [0.1, 0.15) is 17.3 Å². The molecule has 0 amide bonds. The van der Waals surface area contributed by atoms with E-state index in [1.54, 1.807) is 54.6 Å². The van der Waals surface area contributed by atoms with E-state index in [1.165, 1.54) is 6.07 Å². The van der Waals surface area contributed by atoms with Gasteiger partial charge in [-0.3, -0.25) is 4.99 Å². The molecular weight excluding hydrogens is 455 g/mol. The van der Waals surface area contributed by atoms with Crippen LogP contribution in [-0.2, 0) is 5.75 Å². The van der Waals surface area contributed by atoms with E-state index in [4.69, 9.17) is 9.72 Å². The van der Waals surface area contributed by atoms with Gasteiger partial charge in [0.15, 0.2) is 4.34 Å². The van der Waals surface area contributed by atoms with Gasteiger partial charge >= 0.3 is 0 Å². The van der Waals surface area contributed by atoms with Gasteiger partial charge in [-0.25, -0.2) is 9.37 Å². The normalized spacial score (nSPS) is 11.6. The van der Waals surface area contributed by atoms with E-state index in [0.29, 0.717) is 22.5 Å². The van der Waals surface area contributed by atoms with Crippen LogP contribution in [0.25, 0.3) is 21.0 Å². The number of thiazole rings is 1. The van der Waals surface area contributed by atoms with Crippen LogP contribution < -0.4 is 4.74 Å². The second-order valence-electron chi connectivity index (χ2n) is 7.36. The maximum Gasteiger partial charge on any atom is 0.151 e. The molecule has 7 heteroatoms. The minimum Gasteiger partial charge on any atom is -0.507 e. The lowest BCUT2D eigenvalue weighted by Crippen LogP contribution is -1.87. The molecule has 0 radical (unpaired) electrons. The Morgan fingerprint density at radius 1 is 1.06 bits per heavy atom. The average Bonchev–Trinajstić information content (AvgIpc) is 3.25. The fraction of sp³-hybridized carbons (Fsp3) is 0.0769. The summed E-state index contributed by atoms with van der Waals surface area (Å²) in [4.78, 5) is 9.22.